The number of hydrogen-bond acceptors (Lipinski definition) is 13. The smallest absolute Gasteiger partial charge is 0.305 e. The van der Waals surface area contributed by atoms with E-state index < -0.39 is 0 Å². The van der Waals surface area contributed by atoms with Crippen LogP contribution in [0.5, 0.6) is 0 Å². The Bertz CT molecular complexity index is 2080. The largest absolute Gasteiger partial charge is 0.466 e. The molecule has 18 heteroatoms. The van der Waals surface area contributed by atoms with Crippen molar-refractivity contribution in [2.75, 3.05) is 119 Å². The van der Waals surface area contributed by atoms with Crippen molar-refractivity contribution >= 4 is 68.6 Å². The van der Waals surface area contributed by atoms with E-state index in [0.29, 0.717) is 114 Å². The molecule has 0 aromatic rings. The molecule has 0 heterocycles. The number of carbonyl (C=O) groups excluding carboxylic acids is 6. The molecule has 2 amide bonds. The normalized spacial score (nSPS) is 11.5. The molecule has 114 heavy (non-hydrogen) atoms. The molecule has 16 nitrogen and oxygen atoms in total. The first-order chi connectivity index (χ1) is 55.1. The maximum atomic E-state index is 13.2. The fraction of sp³-hybridized carbons (Fsp3) is 0.854. The lowest BCUT2D eigenvalue weighted by molar-refractivity contribution is -0.883. The molecular weight excluding hydrogens is 1560 g/mol. The van der Waals surface area contributed by atoms with Crippen molar-refractivity contribution in [3.63, 3.8) is 0 Å². The predicted octanol–water partition coefficient (Wildman–Crippen LogP) is 25.1. The van der Waals surface area contributed by atoms with E-state index >= 15 is 0 Å². The molecule has 0 saturated carbocycles. The average molecular weight is 1750 g/mol. The fourth-order valence-corrected chi connectivity index (χ4v) is 13.3. The van der Waals surface area contributed by atoms with Crippen molar-refractivity contribution in [3.8, 4) is 0 Å². The fourth-order valence-electron chi connectivity index (χ4n) is 13.3. The Kier molecular flexibility index (Phi) is 99.2. The van der Waals surface area contributed by atoms with E-state index in [1.165, 1.54) is 231 Å². The van der Waals surface area contributed by atoms with Crippen LogP contribution in [0.3, 0.4) is 0 Å². The molecule has 0 aliphatic carbocycles. The van der Waals surface area contributed by atoms with Crippen LogP contribution in [0.1, 0.15) is 413 Å². The summed E-state index contributed by atoms with van der Waals surface area (Å²) in [6, 6.07) is 0. The molecule has 0 rings (SSSR count). The zero-order chi connectivity index (χ0) is 83.5. The monoisotopic (exact) mass is 1740 g/mol. The first-order valence-corrected chi connectivity index (χ1v) is 48.2. The zero-order valence-electron chi connectivity index (χ0n) is 75.5. The Morgan fingerprint density at radius 1 is 0.307 bits per heavy atom. The van der Waals surface area contributed by atoms with E-state index in [-0.39, 0.29) is 85.6 Å². The Morgan fingerprint density at radius 2 is 0.509 bits per heavy atom. The van der Waals surface area contributed by atoms with Crippen molar-refractivity contribution in [1.82, 2.24) is 14.7 Å². The number of esters is 4. The average Bonchev–Trinajstić information content (AvgIpc) is 0.871. The van der Waals surface area contributed by atoms with Gasteiger partial charge in [0.25, 0.3) is 5.91 Å². The third kappa shape index (κ3) is 95.7. The Labute approximate surface area is 721 Å². The number of hydrogen-bond donors (Lipinski definition) is 2. The Hall–Kier alpha value is -3.42. The van der Waals surface area contributed by atoms with Crippen LogP contribution in [0.15, 0.2) is 48.6 Å². The number of alkyl halides is 1. The van der Waals surface area contributed by atoms with Crippen LogP contribution in [0.25, 0.3) is 0 Å². The second-order valence-corrected chi connectivity index (χ2v) is 33.4. The van der Waals surface area contributed by atoms with Crippen molar-refractivity contribution in [2.24, 2.45) is 0 Å². The molecule has 0 fully saturated rings. The molecule has 0 bridgehead atoms. The third-order valence-electron chi connectivity index (χ3n) is 20.4. The molecule has 2 N–H and O–H groups in total. The van der Waals surface area contributed by atoms with Gasteiger partial charge in [-0.3, -0.25) is 28.8 Å². The summed E-state index contributed by atoms with van der Waals surface area (Å²) < 4.78 is 22.3. The number of allylic oxidation sites excluding steroid dienone is 8. The van der Waals surface area contributed by atoms with Crippen LogP contribution in [-0.4, -0.2) is 184 Å². The number of halogens is 2. The molecule has 0 saturated heterocycles. The summed E-state index contributed by atoms with van der Waals surface area (Å²) >= 11 is 3.00. The van der Waals surface area contributed by atoms with E-state index in [1.54, 1.807) is 9.80 Å². The number of aliphatic hydroxyl groups is 2. The van der Waals surface area contributed by atoms with Crippen LogP contribution in [0.4, 0.5) is 0 Å². The van der Waals surface area contributed by atoms with Gasteiger partial charge in [0.15, 0.2) is 6.54 Å². The second-order valence-electron chi connectivity index (χ2n) is 32.6. The number of quaternary nitrogens is 1. The van der Waals surface area contributed by atoms with Gasteiger partial charge in [-0.2, -0.15) is 0 Å². The molecule has 672 valence electrons. The summed E-state index contributed by atoms with van der Waals surface area (Å²) in [5, 5.41) is 17.9. The summed E-state index contributed by atoms with van der Waals surface area (Å²) in [6.45, 7) is 13.6. The van der Waals surface area contributed by atoms with E-state index in [2.05, 4.69) is 92.2 Å². The lowest BCUT2D eigenvalue weighted by atomic mass is 10.1. The van der Waals surface area contributed by atoms with E-state index in [0.717, 1.165) is 103 Å². The van der Waals surface area contributed by atoms with Crippen molar-refractivity contribution in [3.05, 3.63) is 48.6 Å². The molecule has 0 aromatic heterocycles. The third-order valence-corrected chi connectivity index (χ3v) is 20.8. The molecule has 0 atom stereocenters. The molecule has 0 radical (unpaired) electrons. The minimum Gasteiger partial charge on any atom is -0.466 e. The minimum atomic E-state index is -0.167. The molecule has 0 unspecified atom stereocenters. The first kappa shape index (κ1) is 117. The van der Waals surface area contributed by atoms with Crippen LogP contribution in [0, 0.1) is 0 Å². The highest BCUT2D eigenvalue weighted by atomic mass is 79.9. The maximum absolute atomic E-state index is 13.2. The standard InChI is InChI=1S/C48H91N2O6.C46H86N2O5.C2H5BrO.BrH/c1-5-7-9-11-13-15-17-19-21-23-25-27-29-31-33-37-47(53)55-43-35-39-49(46(52)45-50(3,4)41-42-51)40-36-44-56-48(54)38-34-32-30-28-26-24-22-20-18-16-14-12-10-8-6-2;1-5-7-9-11-13-15-17-19-21-23-25-27-29-31-33-37-45(50)52-41-35-39-48(44(49)43-47(3)4)40-36-42-53-46(51)38-34-32-30-28-26-24-22-20-18-16-14-12-10-8-6-2;3-1-2-4;/h19-22,51H,5-18,23-45H2,1-4H3;19-22H,5-18,23-43H2,1-4H3;4H,1-2H2;1H/q+1;;;/b2*21-19-,22-20-;;. The Morgan fingerprint density at radius 3 is 0.711 bits per heavy atom. The Balaban J connectivity index is -0.00000101. The van der Waals surface area contributed by atoms with E-state index in [4.69, 9.17) is 24.1 Å². The van der Waals surface area contributed by atoms with Crippen molar-refractivity contribution in [2.45, 2.75) is 413 Å². The van der Waals surface area contributed by atoms with Gasteiger partial charge in [0.2, 0.25) is 5.91 Å². The number of rotatable bonds is 83. The van der Waals surface area contributed by atoms with Crippen molar-refractivity contribution in [1.29, 1.82) is 0 Å². The van der Waals surface area contributed by atoms with Gasteiger partial charge < -0.3 is 48.3 Å². The van der Waals surface area contributed by atoms with Gasteiger partial charge in [0.1, 0.15) is 6.54 Å². The quantitative estimate of drug-likeness (QED) is 0.0146. The lowest BCUT2D eigenvalue weighted by Gasteiger charge is -2.31. The van der Waals surface area contributed by atoms with Crippen LogP contribution in [0.2, 0.25) is 0 Å². The van der Waals surface area contributed by atoms with E-state index in [9.17, 15) is 33.9 Å². The highest BCUT2D eigenvalue weighted by Gasteiger charge is 2.24. The highest BCUT2D eigenvalue weighted by molar-refractivity contribution is 9.09. The van der Waals surface area contributed by atoms with Gasteiger partial charge in [-0.1, -0.05) is 298 Å². The summed E-state index contributed by atoms with van der Waals surface area (Å²) in [5.74, 6) is -0.602. The lowest BCUT2D eigenvalue weighted by Crippen LogP contribution is -2.50. The first-order valence-electron chi connectivity index (χ1n) is 47.1. The molecule has 0 aliphatic heterocycles. The number of likely N-dealkylation sites (N-methyl/N-ethyl adjacent to an activating group) is 2. The summed E-state index contributed by atoms with van der Waals surface area (Å²) in [5.41, 5.74) is 0. The van der Waals surface area contributed by atoms with Crippen molar-refractivity contribution < 1.29 is 62.4 Å². The SMILES string of the molecule is Br.CCCCCCCC/C=C\CCCCCCCC(=O)OCCCN(CCCOC(=O)CCCCCCC/C=C\CCCCCCCC)C(=O)CN(C)C.CCCCCCCC/C=C\CCCCCCCC(=O)OCCCN(CCCOC(=O)CCCCCCC/C=C\CCCCCCCC)C(=O)C[N+](C)(C)CCO.OCCBr. The topological polar surface area (TPSA) is 190 Å². The van der Waals surface area contributed by atoms with Gasteiger partial charge in [-0.15, -0.1) is 17.0 Å². The van der Waals surface area contributed by atoms with Crippen LogP contribution >= 0.6 is 32.9 Å². The second kappa shape index (κ2) is 96.7. The molecule has 0 spiro atoms. The maximum Gasteiger partial charge on any atom is 0.305 e. The molecule has 0 aliphatic rings. The van der Waals surface area contributed by atoms with Gasteiger partial charge >= 0.3 is 23.9 Å². The summed E-state index contributed by atoms with van der Waals surface area (Å²) in [4.78, 5) is 80.6. The van der Waals surface area contributed by atoms with Crippen LogP contribution in [-0.2, 0) is 47.7 Å². The number of ether oxygens (including phenoxy) is 4. The minimum absolute atomic E-state index is 0. The number of amides is 2. The summed E-state index contributed by atoms with van der Waals surface area (Å²) in [7, 11) is 7.62. The highest BCUT2D eigenvalue weighted by Crippen LogP contribution is 2.17. The van der Waals surface area contributed by atoms with Gasteiger partial charge in [0.05, 0.1) is 60.3 Å². The van der Waals surface area contributed by atoms with Gasteiger partial charge in [-0.25, -0.2) is 0 Å². The zero-order valence-corrected chi connectivity index (χ0v) is 78.8. The van der Waals surface area contributed by atoms with Gasteiger partial charge in [0, 0.05) is 57.2 Å². The number of aliphatic hydroxyl groups excluding tert-OH is 2. The molecule has 0 aromatic carbocycles. The predicted molar refractivity (Wildman–Crippen MR) is 492 cm³/mol. The summed E-state index contributed by atoms with van der Waals surface area (Å²) in [6.07, 6.45) is 86.8. The van der Waals surface area contributed by atoms with E-state index in [1.807, 2.05) is 33.1 Å². The van der Waals surface area contributed by atoms with Gasteiger partial charge in [-0.05, 0) is 168 Å². The van der Waals surface area contributed by atoms with Crippen LogP contribution < -0.4 is 0 Å². The number of unbranched alkanes of at least 4 members (excludes halogenated alkanes) is 44. The number of nitrogens with zero attached hydrogens (tertiary/aromatic N) is 4. The number of carbonyl (C=O) groups is 6. The molecular formula is C96H183Br2N4O12+.